The first-order chi connectivity index (χ1) is 7.43. The highest BCUT2D eigenvalue weighted by molar-refractivity contribution is 7.91. The molecule has 0 spiro atoms. The molecular formula is C10H22N2O3S. The van der Waals surface area contributed by atoms with Gasteiger partial charge in [0.1, 0.15) is 0 Å². The van der Waals surface area contributed by atoms with Crippen molar-refractivity contribution >= 4 is 9.84 Å². The molecule has 96 valence electrons. The number of nitrogens with two attached hydrogens (primary N) is 1. The molecule has 0 radical (unpaired) electrons. The van der Waals surface area contributed by atoms with E-state index >= 15 is 0 Å². The molecule has 0 saturated carbocycles. The van der Waals surface area contributed by atoms with Crippen molar-refractivity contribution in [3.63, 3.8) is 0 Å². The summed E-state index contributed by atoms with van der Waals surface area (Å²) in [6.07, 6.45) is 1.69. The Morgan fingerprint density at radius 2 is 2.19 bits per heavy atom. The van der Waals surface area contributed by atoms with E-state index in [9.17, 15) is 8.42 Å². The van der Waals surface area contributed by atoms with Crippen molar-refractivity contribution in [3.05, 3.63) is 0 Å². The summed E-state index contributed by atoms with van der Waals surface area (Å²) in [5.41, 5.74) is 2.69. The monoisotopic (exact) mass is 250 g/mol. The predicted octanol–water partition coefficient (Wildman–Crippen LogP) is 0.0681. The average Bonchev–Trinajstić information content (AvgIpc) is 2.52. The zero-order valence-corrected chi connectivity index (χ0v) is 10.8. The summed E-state index contributed by atoms with van der Waals surface area (Å²) in [5.74, 6) is 6.27. The van der Waals surface area contributed by atoms with E-state index in [1.54, 1.807) is 0 Å². The lowest BCUT2D eigenvalue weighted by molar-refractivity contribution is 0.0567. The first kappa shape index (κ1) is 13.9. The van der Waals surface area contributed by atoms with Gasteiger partial charge < -0.3 is 4.74 Å². The largest absolute Gasteiger partial charge is 0.377 e. The second-order valence-electron chi connectivity index (χ2n) is 4.75. The van der Waals surface area contributed by atoms with E-state index in [2.05, 4.69) is 5.43 Å². The predicted molar refractivity (Wildman–Crippen MR) is 63.6 cm³/mol. The fraction of sp³-hybridized carbons (Fsp3) is 1.00. The molecule has 16 heavy (non-hydrogen) atoms. The third-order valence-corrected chi connectivity index (χ3v) is 4.65. The Kier molecular flexibility index (Phi) is 5.17. The van der Waals surface area contributed by atoms with Gasteiger partial charge in [-0.25, -0.2) is 8.42 Å². The highest BCUT2D eigenvalue weighted by Gasteiger charge is 2.29. The number of rotatable bonds is 6. The summed E-state index contributed by atoms with van der Waals surface area (Å²) >= 11 is 0. The molecule has 1 saturated heterocycles. The number of hydrogen-bond acceptors (Lipinski definition) is 5. The third-order valence-electron chi connectivity index (χ3n) is 2.81. The second-order valence-corrected chi connectivity index (χ2v) is 6.98. The molecule has 0 aliphatic carbocycles. The Labute approximate surface area is 97.6 Å². The van der Waals surface area contributed by atoms with Gasteiger partial charge in [-0.05, 0) is 32.6 Å². The topological polar surface area (TPSA) is 81.4 Å². The van der Waals surface area contributed by atoms with Crippen molar-refractivity contribution in [1.29, 1.82) is 0 Å². The number of nitrogens with one attached hydrogen (secondary N) is 1. The minimum absolute atomic E-state index is 0.0423. The first-order valence-corrected chi connectivity index (χ1v) is 7.53. The second kappa shape index (κ2) is 5.95. The molecule has 1 heterocycles. The van der Waals surface area contributed by atoms with E-state index in [0.29, 0.717) is 18.1 Å². The molecule has 0 aromatic heterocycles. The van der Waals surface area contributed by atoms with E-state index < -0.39 is 9.84 Å². The molecular weight excluding hydrogens is 228 g/mol. The molecule has 6 heteroatoms. The lowest BCUT2D eigenvalue weighted by Crippen LogP contribution is -2.40. The molecule has 1 aliphatic heterocycles. The van der Waals surface area contributed by atoms with E-state index in [4.69, 9.17) is 10.6 Å². The van der Waals surface area contributed by atoms with Gasteiger partial charge in [0.15, 0.2) is 9.84 Å². The van der Waals surface area contributed by atoms with Crippen LogP contribution < -0.4 is 11.3 Å². The van der Waals surface area contributed by atoms with Crippen molar-refractivity contribution in [1.82, 2.24) is 5.43 Å². The molecule has 0 amide bonds. The standard InChI is InChI=1S/C10H22N2O3S/c1-8(2)15-6-10(12-11)5-9-3-4-16(13,14)7-9/h8-10,12H,3-7,11H2,1-2H3. The smallest absolute Gasteiger partial charge is 0.150 e. The molecule has 0 aromatic carbocycles. The Hall–Kier alpha value is -0.170. The highest BCUT2D eigenvalue weighted by atomic mass is 32.2. The SMILES string of the molecule is CC(C)OCC(CC1CCS(=O)(=O)C1)NN. The molecule has 3 N–H and O–H groups in total. The van der Waals surface area contributed by atoms with Crippen LogP contribution in [0.5, 0.6) is 0 Å². The van der Waals surface area contributed by atoms with Gasteiger partial charge in [-0.2, -0.15) is 0 Å². The number of ether oxygens (including phenoxy) is 1. The number of hydrogen-bond donors (Lipinski definition) is 2. The van der Waals surface area contributed by atoms with Gasteiger partial charge in [0, 0.05) is 6.04 Å². The van der Waals surface area contributed by atoms with Crippen LogP contribution in [0, 0.1) is 5.92 Å². The van der Waals surface area contributed by atoms with Crippen molar-refractivity contribution in [3.8, 4) is 0 Å². The van der Waals surface area contributed by atoms with Crippen molar-refractivity contribution in [2.24, 2.45) is 11.8 Å². The number of hydrazine groups is 1. The Balaban J connectivity index is 2.34. The van der Waals surface area contributed by atoms with E-state index in [-0.39, 0.29) is 18.1 Å². The maximum atomic E-state index is 11.3. The van der Waals surface area contributed by atoms with E-state index in [0.717, 1.165) is 12.8 Å². The third kappa shape index (κ3) is 4.78. The Bertz CT molecular complexity index is 303. The quantitative estimate of drug-likeness (QED) is 0.515. The normalized spacial score (nSPS) is 26.1. The zero-order chi connectivity index (χ0) is 12.2. The fourth-order valence-corrected chi connectivity index (χ4v) is 3.83. The Morgan fingerprint density at radius 3 is 2.62 bits per heavy atom. The van der Waals surface area contributed by atoms with Gasteiger partial charge in [0.25, 0.3) is 0 Å². The van der Waals surface area contributed by atoms with Gasteiger partial charge >= 0.3 is 0 Å². The average molecular weight is 250 g/mol. The summed E-state index contributed by atoms with van der Waals surface area (Å²) in [5, 5.41) is 0. The Morgan fingerprint density at radius 1 is 1.50 bits per heavy atom. The van der Waals surface area contributed by atoms with Crippen LogP contribution in [-0.4, -0.2) is 38.7 Å². The van der Waals surface area contributed by atoms with Gasteiger partial charge in [0.2, 0.25) is 0 Å². The van der Waals surface area contributed by atoms with Gasteiger partial charge in [-0.15, -0.1) is 0 Å². The molecule has 2 unspecified atom stereocenters. The van der Waals surface area contributed by atoms with Gasteiger partial charge in [-0.3, -0.25) is 11.3 Å². The summed E-state index contributed by atoms with van der Waals surface area (Å²) in [6.45, 7) is 4.46. The van der Waals surface area contributed by atoms with E-state index in [1.807, 2.05) is 13.8 Å². The molecule has 1 aliphatic rings. The van der Waals surface area contributed by atoms with E-state index in [1.165, 1.54) is 0 Å². The lowest BCUT2D eigenvalue weighted by atomic mass is 10.0. The molecule has 1 fully saturated rings. The van der Waals surface area contributed by atoms with Crippen LogP contribution in [0.3, 0.4) is 0 Å². The minimum Gasteiger partial charge on any atom is -0.377 e. The highest BCUT2D eigenvalue weighted by Crippen LogP contribution is 2.22. The van der Waals surface area contributed by atoms with Gasteiger partial charge in [0.05, 0.1) is 24.2 Å². The van der Waals surface area contributed by atoms with Crippen LogP contribution in [0.4, 0.5) is 0 Å². The van der Waals surface area contributed by atoms with Crippen LogP contribution in [0.2, 0.25) is 0 Å². The summed E-state index contributed by atoms with van der Waals surface area (Å²) in [7, 11) is -2.79. The molecule has 0 bridgehead atoms. The van der Waals surface area contributed by atoms with Crippen LogP contribution >= 0.6 is 0 Å². The van der Waals surface area contributed by atoms with Crippen LogP contribution in [0.15, 0.2) is 0 Å². The lowest BCUT2D eigenvalue weighted by Gasteiger charge is -2.20. The van der Waals surface area contributed by atoms with Gasteiger partial charge in [-0.1, -0.05) is 0 Å². The van der Waals surface area contributed by atoms with Crippen molar-refractivity contribution in [2.75, 3.05) is 18.1 Å². The summed E-state index contributed by atoms with van der Waals surface area (Å²) in [6, 6.07) is 0.0423. The maximum absolute atomic E-state index is 11.3. The van der Waals surface area contributed by atoms with Crippen LogP contribution in [0.1, 0.15) is 26.7 Å². The number of sulfone groups is 1. The van der Waals surface area contributed by atoms with Crippen molar-refractivity contribution in [2.45, 2.75) is 38.8 Å². The molecule has 2 atom stereocenters. The fourth-order valence-electron chi connectivity index (χ4n) is 1.95. The molecule has 1 rings (SSSR count). The summed E-state index contributed by atoms with van der Waals surface area (Å²) in [4.78, 5) is 0. The zero-order valence-electron chi connectivity index (χ0n) is 9.98. The van der Waals surface area contributed by atoms with Crippen LogP contribution in [-0.2, 0) is 14.6 Å². The first-order valence-electron chi connectivity index (χ1n) is 5.71. The minimum atomic E-state index is -2.79. The molecule has 5 nitrogen and oxygen atoms in total. The van der Waals surface area contributed by atoms with Crippen molar-refractivity contribution < 1.29 is 13.2 Å². The van der Waals surface area contributed by atoms with Crippen LogP contribution in [0.25, 0.3) is 0 Å². The maximum Gasteiger partial charge on any atom is 0.150 e. The summed E-state index contributed by atoms with van der Waals surface area (Å²) < 4.78 is 28.1. The molecule has 0 aromatic rings.